The van der Waals surface area contributed by atoms with E-state index in [-0.39, 0.29) is 17.7 Å². The van der Waals surface area contributed by atoms with Crippen molar-refractivity contribution >= 4 is 28.8 Å². The fourth-order valence-corrected chi connectivity index (χ4v) is 2.88. The molecule has 0 bridgehead atoms. The summed E-state index contributed by atoms with van der Waals surface area (Å²) in [5.41, 5.74) is 0.539. The van der Waals surface area contributed by atoms with Gasteiger partial charge in [0.15, 0.2) is 0 Å². The van der Waals surface area contributed by atoms with Crippen molar-refractivity contribution < 1.29 is 19.1 Å². The molecule has 2 N–H and O–H groups in total. The Bertz CT molecular complexity index is 706. The number of hydrogen-bond acceptors (Lipinski definition) is 5. The number of rotatable bonds is 7. The molecule has 2 amide bonds. The number of nitrogens with one attached hydrogen (secondary N) is 2. The molecule has 2 aromatic rings. The SMILES string of the molecule is COc1cc(NC(=O)C(NC(=O)c2cccs2)C(C)C)cc(OC)c1. The van der Waals surface area contributed by atoms with Crippen LogP contribution in [0.25, 0.3) is 0 Å². The summed E-state index contributed by atoms with van der Waals surface area (Å²) in [6.07, 6.45) is 0. The van der Waals surface area contributed by atoms with Crippen molar-refractivity contribution in [2.45, 2.75) is 19.9 Å². The molecule has 0 fully saturated rings. The van der Waals surface area contributed by atoms with E-state index < -0.39 is 6.04 Å². The van der Waals surface area contributed by atoms with Crippen LogP contribution in [0.5, 0.6) is 11.5 Å². The number of hydrogen-bond donors (Lipinski definition) is 2. The van der Waals surface area contributed by atoms with Gasteiger partial charge in [0.1, 0.15) is 17.5 Å². The van der Waals surface area contributed by atoms with Crippen molar-refractivity contribution in [1.29, 1.82) is 0 Å². The highest BCUT2D eigenvalue weighted by Crippen LogP contribution is 2.26. The number of thiophene rings is 1. The number of carbonyl (C=O) groups is 2. The van der Waals surface area contributed by atoms with E-state index in [1.807, 2.05) is 19.2 Å². The Balaban J connectivity index is 2.14. The molecule has 6 nitrogen and oxygen atoms in total. The molecule has 1 atom stereocenters. The molecule has 7 heteroatoms. The zero-order valence-electron chi connectivity index (χ0n) is 14.7. The van der Waals surface area contributed by atoms with Crippen LogP contribution in [-0.2, 0) is 4.79 Å². The largest absolute Gasteiger partial charge is 0.497 e. The average Bonchev–Trinajstić information content (AvgIpc) is 3.13. The molecule has 0 aliphatic carbocycles. The summed E-state index contributed by atoms with van der Waals surface area (Å²) in [6, 6.07) is 7.97. The van der Waals surface area contributed by atoms with Crippen LogP contribution >= 0.6 is 11.3 Å². The van der Waals surface area contributed by atoms with Gasteiger partial charge in [-0.05, 0) is 17.4 Å². The van der Waals surface area contributed by atoms with Crippen LogP contribution < -0.4 is 20.1 Å². The molecule has 0 radical (unpaired) electrons. The second kappa shape index (κ2) is 8.53. The molecule has 0 aliphatic rings. The Morgan fingerprint density at radius 1 is 1.08 bits per heavy atom. The maximum Gasteiger partial charge on any atom is 0.262 e. The van der Waals surface area contributed by atoms with Crippen LogP contribution in [0.1, 0.15) is 23.5 Å². The van der Waals surface area contributed by atoms with Crippen LogP contribution in [0, 0.1) is 5.92 Å². The van der Waals surface area contributed by atoms with Gasteiger partial charge in [0.05, 0.1) is 19.1 Å². The van der Waals surface area contributed by atoms with Gasteiger partial charge in [-0.25, -0.2) is 0 Å². The number of carbonyl (C=O) groups excluding carboxylic acids is 2. The van der Waals surface area contributed by atoms with Crippen LogP contribution in [0.2, 0.25) is 0 Å². The van der Waals surface area contributed by atoms with Gasteiger partial charge in [0.25, 0.3) is 5.91 Å². The summed E-state index contributed by atoms with van der Waals surface area (Å²) in [4.78, 5) is 25.5. The number of ether oxygens (including phenoxy) is 2. The lowest BCUT2D eigenvalue weighted by atomic mass is 10.0. The standard InChI is InChI=1S/C18H22N2O4S/c1-11(2)16(20-17(21)15-6-5-7-25-15)18(22)19-12-8-13(23-3)10-14(9-12)24-4/h5-11,16H,1-4H3,(H,19,22)(H,20,21). The lowest BCUT2D eigenvalue weighted by molar-refractivity contribution is -0.118. The Kier molecular flexibility index (Phi) is 6.41. The molecule has 2 rings (SSSR count). The number of methoxy groups -OCH3 is 2. The minimum Gasteiger partial charge on any atom is -0.497 e. The third-order valence-electron chi connectivity index (χ3n) is 3.60. The molecule has 0 saturated heterocycles. The molecule has 1 aromatic heterocycles. The summed E-state index contributed by atoms with van der Waals surface area (Å²) in [6.45, 7) is 3.76. The van der Waals surface area contributed by atoms with Crippen molar-refractivity contribution in [3.63, 3.8) is 0 Å². The molecule has 1 heterocycles. The molecule has 0 saturated carbocycles. The quantitative estimate of drug-likeness (QED) is 0.793. The third-order valence-corrected chi connectivity index (χ3v) is 4.47. The highest BCUT2D eigenvalue weighted by molar-refractivity contribution is 7.12. The Morgan fingerprint density at radius 3 is 2.20 bits per heavy atom. The first-order valence-electron chi connectivity index (χ1n) is 7.83. The van der Waals surface area contributed by atoms with Gasteiger partial charge in [0, 0.05) is 23.9 Å². The predicted octanol–water partition coefficient (Wildman–Crippen LogP) is 3.16. The average molecular weight is 362 g/mol. The summed E-state index contributed by atoms with van der Waals surface area (Å²) in [7, 11) is 3.08. The summed E-state index contributed by atoms with van der Waals surface area (Å²) >= 11 is 1.33. The first-order valence-corrected chi connectivity index (χ1v) is 8.71. The van der Waals surface area contributed by atoms with Crippen LogP contribution in [-0.4, -0.2) is 32.1 Å². The van der Waals surface area contributed by atoms with E-state index >= 15 is 0 Å². The lowest BCUT2D eigenvalue weighted by Gasteiger charge is -2.21. The van der Waals surface area contributed by atoms with Crippen molar-refractivity contribution in [3.8, 4) is 11.5 Å². The summed E-state index contributed by atoms with van der Waals surface area (Å²) in [5, 5.41) is 7.43. The van der Waals surface area contributed by atoms with Gasteiger partial charge in [-0.1, -0.05) is 19.9 Å². The van der Waals surface area contributed by atoms with Crippen molar-refractivity contribution in [1.82, 2.24) is 5.32 Å². The topological polar surface area (TPSA) is 76.7 Å². The number of benzene rings is 1. The fraction of sp³-hybridized carbons (Fsp3) is 0.333. The molecule has 1 aromatic carbocycles. The van der Waals surface area contributed by atoms with Crippen molar-refractivity contribution in [2.75, 3.05) is 19.5 Å². The second-order valence-electron chi connectivity index (χ2n) is 5.76. The minimum absolute atomic E-state index is 0.0728. The molecular formula is C18H22N2O4S. The monoisotopic (exact) mass is 362 g/mol. The molecule has 134 valence electrons. The van der Waals surface area contributed by atoms with Crippen molar-refractivity contribution in [2.24, 2.45) is 5.92 Å². The number of anilines is 1. The van der Waals surface area contributed by atoms with E-state index in [0.717, 1.165) is 0 Å². The first-order chi connectivity index (χ1) is 11.9. The van der Waals surface area contributed by atoms with E-state index in [1.165, 1.54) is 11.3 Å². The van der Waals surface area contributed by atoms with E-state index in [4.69, 9.17) is 9.47 Å². The maximum atomic E-state index is 12.7. The number of amides is 2. The third kappa shape index (κ3) is 4.96. The lowest BCUT2D eigenvalue weighted by Crippen LogP contribution is -2.46. The maximum absolute atomic E-state index is 12.7. The zero-order chi connectivity index (χ0) is 18.4. The van der Waals surface area contributed by atoms with Gasteiger partial charge in [-0.2, -0.15) is 0 Å². The van der Waals surface area contributed by atoms with Crippen LogP contribution in [0.3, 0.4) is 0 Å². The Hall–Kier alpha value is -2.54. The molecule has 0 spiro atoms. The highest BCUT2D eigenvalue weighted by Gasteiger charge is 2.25. The van der Waals surface area contributed by atoms with Gasteiger partial charge < -0.3 is 20.1 Å². The first kappa shape index (κ1) is 18.8. The zero-order valence-corrected chi connectivity index (χ0v) is 15.5. The van der Waals surface area contributed by atoms with E-state index in [2.05, 4.69) is 10.6 Å². The second-order valence-corrected chi connectivity index (χ2v) is 6.71. The van der Waals surface area contributed by atoms with Crippen molar-refractivity contribution in [3.05, 3.63) is 40.6 Å². The Labute approximate surface area is 151 Å². The van der Waals surface area contributed by atoms with Gasteiger partial charge >= 0.3 is 0 Å². The van der Waals surface area contributed by atoms with Crippen LogP contribution in [0.4, 0.5) is 5.69 Å². The van der Waals surface area contributed by atoms with E-state index in [1.54, 1.807) is 44.6 Å². The predicted molar refractivity (Wildman–Crippen MR) is 98.6 cm³/mol. The Morgan fingerprint density at radius 2 is 1.72 bits per heavy atom. The molecule has 1 unspecified atom stereocenters. The normalized spacial score (nSPS) is 11.7. The molecule has 25 heavy (non-hydrogen) atoms. The van der Waals surface area contributed by atoms with E-state index in [0.29, 0.717) is 22.1 Å². The highest BCUT2D eigenvalue weighted by atomic mass is 32.1. The molecule has 0 aliphatic heterocycles. The summed E-state index contributed by atoms with van der Waals surface area (Å²) < 4.78 is 10.4. The fourth-order valence-electron chi connectivity index (χ4n) is 2.25. The van der Waals surface area contributed by atoms with Gasteiger partial charge in [-0.15, -0.1) is 11.3 Å². The molecular weight excluding hydrogens is 340 g/mol. The van der Waals surface area contributed by atoms with Gasteiger partial charge in [-0.3, -0.25) is 9.59 Å². The smallest absolute Gasteiger partial charge is 0.262 e. The van der Waals surface area contributed by atoms with Gasteiger partial charge in [0.2, 0.25) is 5.91 Å². The minimum atomic E-state index is -0.660. The van der Waals surface area contributed by atoms with Crippen LogP contribution in [0.15, 0.2) is 35.7 Å². The van der Waals surface area contributed by atoms with E-state index in [9.17, 15) is 9.59 Å². The summed E-state index contributed by atoms with van der Waals surface area (Å²) in [5.74, 6) is 0.510.